The molecule has 1 saturated carbocycles. The third kappa shape index (κ3) is 1.72. The van der Waals surface area contributed by atoms with E-state index in [9.17, 15) is 15.0 Å². The average Bonchev–Trinajstić information content (AvgIpc) is 2.80. The van der Waals surface area contributed by atoms with E-state index >= 15 is 0 Å². The number of carboxylic acid groups (broad SMARTS) is 1. The number of hydrogen-bond donors (Lipinski definition) is 2. The van der Waals surface area contributed by atoms with Gasteiger partial charge in [-0.1, -0.05) is 18.9 Å². The van der Waals surface area contributed by atoms with Gasteiger partial charge in [-0.25, -0.2) is 0 Å². The number of hydrogen-bond acceptors (Lipinski definition) is 3. The zero-order valence-electron chi connectivity index (χ0n) is 10.7. The Labute approximate surface area is 106 Å². The van der Waals surface area contributed by atoms with Crippen molar-refractivity contribution in [1.29, 1.82) is 0 Å². The van der Waals surface area contributed by atoms with Gasteiger partial charge in [-0.15, -0.1) is 0 Å². The third-order valence-electron chi connectivity index (χ3n) is 3.91. The minimum absolute atomic E-state index is 0.0261. The number of aryl methyl sites for hydroxylation is 1. The van der Waals surface area contributed by atoms with Gasteiger partial charge in [0.25, 0.3) is 0 Å². The summed E-state index contributed by atoms with van der Waals surface area (Å²) in [7, 11) is 1.47. The topological polar surface area (TPSA) is 66.8 Å². The summed E-state index contributed by atoms with van der Waals surface area (Å²) in [6.45, 7) is 1.83. The van der Waals surface area contributed by atoms with Crippen molar-refractivity contribution in [2.75, 3.05) is 7.11 Å². The molecule has 1 fully saturated rings. The van der Waals surface area contributed by atoms with E-state index in [1.54, 1.807) is 12.1 Å². The first-order valence-corrected chi connectivity index (χ1v) is 6.13. The van der Waals surface area contributed by atoms with Crippen molar-refractivity contribution in [2.24, 2.45) is 0 Å². The molecule has 0 aliphatic heterocycles. The first-order chi connectivity index (χ1) is 8.53. The van der Waals surface area contributed by atoms with Crippen LogP contribution in [-0.2, 0) is 10.2 Å². The van der Waals surface area contributed by atoms with Crippen LogP contribution in [0.5, 0.6) is 11.5 Å². The van der Waals surface area contributed by atoms with Crippen molar-refractivity contribution in [3.8, 4) is 11.5 Å². The highest BCUT2D eigenvalue weighted by molar-refractivity contribution is 5.84. The quantitative estimate of drug-likeness (QED) is 0.865. The highest BCUT2D eigenvalue weighted by Gasteiger charge is 2.46. The van der Waals surface area contributed by atoms with Gasteiger partial charge in [0, 0.05) is 5.56 Å². The van der Waals surface area contributed by atoms with Gasteiger partial charge in [-0.2, -0.15) is 0 Å². The molecule has 0 atom stereocenters. The Morgan fingerprint density at radius 3 is 2.44 bits per heavy atom. The van der Waals surface area contributed by atoms with Crippen LogP contribution in [0, 0.1) is 6.92 Å². The van der Waals surface area contributed by atoms with Gasteiger partial charge in [0.05, 0.1) is 12.5 Å². The van der Waals surface area contributed by atoms with Crippen LogP contribution in [0.25, 0.3) is 0 Å². The van der Waals surface area contributed by atoms with Crippen molar-refractivity contribution in [1.82, 2.24) is 0 Å². The van der Waals surface area contributed by atoms with Gasteiger partial charge in [-0.3, -0.25) is 4.79 Å². The summed E-state index contributed by atoms with van der Waals surface area (Å²) in [6, 6.07) is 3.47. The number of phenols is 1. The molecule has 0 radical (unpaired) electrons. The summed E-state index contributed by atoms with van der Waals surface area (Å²) in [4.78, 5) is 11.7. The summed E-state index contributed by atoms with van der Waals surface area (Å²) in [5.74, 6) is -0.545. The number of aliphatic carboxylic acids is 1. The van der Waals surface area contributed by atoms with E-state index in [0.29, 0.717) is 24.2 Å². The molecule has 18 heavy (non-hydrogen) atoms. The minimum atomic E-state index is -0.956. The standard InChI is InChI=1S/C14H18O4/c1-9-5-6-10(18-2)12(15)11(9)14(13(16)17)7-3-4-8-14/h5-6,15H,3-4,7-8H2,1-2H3,(H,16,17). The first kappa shape index (κ1) is 12.7. The fourth-order valence-electron chi connectivity index (χ4n) is 2.99. The van der Waals surface area contributed by atoms with Gasteiger partial charge >= 0.3 is 5.97 Å². The molecular formula is C14H18O4. The monoisotopic (exact) mass is 250 g/mol. The molecule has 98 valence electrons. The molecule has 2 N–H and O–H groups in total. The molecule has 1 aromatic rings. The number of carbonyl (C=O) groups is 1. The third-order valence-corrected chi connectivity index (χ3v) is 3.91. The van der Waals surface area contributed by atoms with Crippen molar-refractivity contribution in [3.05, 3.63) is 23.3 Å². The van der Waals surface area contributed by atoms with Crippen molar-refractivity contribution < 1.29 is 19.7 Å². The Morgan fingerprint density at radius 2 is 1.94 bits per heavy atom. The largest absolute Gasteiger partial charge is 0.504 e. The van der Waals surface area contributed by atoms with E-state index in [1.165, 1.54) is 7.11 Å². The molecule has 2 rings (SSSR count). The summed E-state index contributed by atoms with van der Waals surface area (Å²) in [5.41, 5.74) is 0.368. The van der Waals surface area contributed by atoms with Crippen molar-refractivity contribution >= 4 is 5.97 Å². The number of methoxy groups -OCH3 is 1. The smallest absolute Gasteiger partial charge is 0.314 e. The summed E-state index contributed by atoms with van der Waals surface area (Å²) >= 11 is 0. The van der Waals surface area contributed by atoms with Crippen molar-refractivity contribution in [2.45, 2.75) is 38.0 Å². The highest BCUT2D eigenvalue weighted by atomic mass is 16.5. The lowest BCUT2D eigenvalue weighted by Crippen LogP contribution is -2.33. The number of carboxylic acids is 1. The molecule has 1 aliphatic rings. The van der Waals surface area contributed by atoms with Crippen LogP contribution in [0.2, 0.25) is 0 Å². The van der Waals surface area contributed by atoms with Gasteiger partial charge in [0.2, 0.25) is 0 Å². The van der Waals surface area contributed by atoms with Crippen LogP contribution in [0.4, 0.5) is 0 Å². The van der Waals surface area contributed by atoms with Gasteiger partial charge in [0.1, 0.15) is 0 Å². The zero-order chi connectivity index (χ0) is 13.3. The van der Waals surface area contributed by atoms with Gasteiger partial charge in [-0.05, 0) is 31.4 Å². The summed E-state index contributed by atoms with van der Waals surface area (Å²) in [5, 5.41) is 19.8. The van der Waals surface area contributed by atoms with E-state index < -0.39 is 11.4 Å². The van der Waals surface area contributed by atoms with Crippen LogP contribution < -0.4 is 4.74 Å². The van der Waals surface area contributed by atoms with Crippen LogP contribution >= 0.6 is 0 Å². The zero-order valence-corrected chi connectivity index (χ0v) is 10.7. The Hall–Kier alpha value is -1.71. The second-order valence-electron chi connectivity index (χ2n) is 4.90. The van der Waals surface area contributed by atoms with Gasteiger partial charge < -0.3 is 14.9 Å². The second-order valence-corrected chi connectivity index (χ2v) is 4.90. The summed E-state index contributed by atoms with van der Waals surface area (Å²) in [6.07, 6.45) is 2.90. The van der Waals surface area contributed by atoms with Crippen LogP contribution in [0.3, 0.4) is 0 Å². The maximum atomic E-state index is 11.7. The van der Waals surface area contributed by atoms with E-state index in [4.69, 9.17) is 4.74 Å². The second kappa shape index (κ2) is 4.52. The van der Waals surface area contributed by atoms with E-state index in [1.807, 2.05) is 6.92 Å². The van der Waals surface area contributed by atoms with Crippen molar-refractivity contribution in [3.63, 3.8) is 0 Å². The maximum absolute atomic E-state index is 11.7. The molecular weight excluding hydrogens is 232 g/mol. The molecule has 0 amide bonds. The number of rotatable bonds is 3. The molecule has 4 nitrogen and oxygen atoms in total. The Bertz CT molecular complexity index is 473. The minimum Gasteiger partial charge on any atom is -0.504 e. The molecule has 1 aromatic carbocycles. The number of benzene rings is 1. The number of ether oxygens (including phenoxy) is 1. The van der Waals surface area contributed by atoms with Crippen LogP contribution in [0.15, 0.2) is 12.1 Å². The molecule has 4 heteroatoms. The number of aromatic hydroxyl groups is 1. The maximum Gasteiger partial charge on any atom is 0.314 e. The summed E-state index contributed by atoms with van der Waals surface area (Å²) < 4.78 is 5.08. The molecule has 0 heterocycles. The molecule has 1 aliphatic carbocycles. The predicted octanol–water partition coefficient (Wildman–Crippen LogP) is 2.61. The first-order valence-electron chi connectivity index (χ1n) is 6.13. The Kier molecular flexibility index (Phi) is 3.20. The Morgan fingerprint density at radius 1 is 1.33 bits per heavy atom. The predicted molar refractivity (Wildman–Crippen MR) is 67.2 cm³/mol. The normalized spacial score (nSPS) is 17.7. The lowest BCUT2D eigenvalue weighted by Gasteiger charge is -2.27. The lowest BCUT2D eigenvalue weighted by molar-refractivity contribution is -0.143. The molecule has 0 bridgehead atoms. The molecule has 0 saturated heterocycles. The lowest BCUT2D eigenvalue weighted by atomic mass is 9.76. The molecule has 0 aromatic heterocycles. The van der Waals surface area contributed by atoms with Crippen LogP contribution in [0.1, 0.15) is 36.8 Å². The highest BCUT2D eigenvalue weighted by Crippen LogP contribution is 2.48. The number of phenolic OH excluding ortho intramolecular Hbond substituents is 1. The van der Waals surface area contributed by atoms with E-state index in [-0.39, 0.29) is 5.75 Å². The fraction of sp³-hybridized carbons (Fsp3) is 0.500. The average molecular weight is 250 g/mol. The van der Waals surface area contributed by atoms with Crippen LogP contribution in [-0.4, -0.2) is 23.3 Å². The fourth-order valence-corrected chi connectivity index (χ4v) is 2.99. The van der Waals surface area contributed by atoms with Gasteiger partial charge in [0.15, 0.2) is 11.5 Å². The molecule has 0 spiro atoms. The SMILES string of the molecule is COc1ccc(C)c(C2(C(=O)O)CCCC2)c1O. The van der Waals surface area contributed by atoms with E-state index in [2.05, 4.69) is 0 Å². The molecule has 0 unspecified atom stereocenters. The Balaban J connectivity index is 2.65. The van der Waals surface area contributed by atoms with E-state index in [0.717, 1.165) is 18.4 Å².